The average molecular weight is 427 g/mol. The highest BCUT2D eigenvalue weighted by Crippen LogP contribution is 2.32. The maximum Gasteiger partial charge on any atom is 0.232 e. The molecule has 0 N–H and O–H groups in total. The minimum Gasteiger partial charge on any atom is -0.497 e. The van der Waals surface area contributed by atoms with Crippen LogP contribution in [0, 0.1) is 0 Å². The van der Waals surface area contributed by atoms with Crippen LogP contribution >= 0.6 is 0 Å². The van der Waals surface area contributed by atoms with E-state index in [0.717, 1.165) is 17.0 Å². The van der Waals surface area contributed by atoms with E-state index >= 15 is 0 Å². The Hall–Kier alpha value is -4.13. The summed E-state index contributed by atoms with van der Waals surface area (Å²) in [5.41, 5.74) is 1.69. The van der Waals surface area contributed by atoms with E-state index in [9.17, 15) is 4.79 Å². The number of anilines is 1. The molecular weight excluding hydrogens is 406 g/mol. The molecule has 1 saturated heterocycles. The number of carbonyl (C=O) groups is 1. The molecule has 0 bridgehead atoms. The third-order valence-electron chi connectivity index (χ3n) is 5.39. The fourth-order valence-electron chi connectivity index (χ4n) is 3.70. The van der Waals surface area contributed by atoms with Gasteiger partial charge in [0.2, 0.25) is 17.6 Å². The second kappa shape index (κ2) is 8.55. The van der Waals surface area contributed by atoms with E-state index in [1.165, 1.54) is 0 Å². The fraction of sp³-hybridized carbons (Fsp3) is 0.160. The van der Waals surface area contributed by atoms with Gasteiger partial charge in [0.1, 0.15) is 17.2 Å². The van der Waals surface area contributed by atoms with Gasteiger partial charge >= 0.3 is 0 Å². The predicted octanol–water partition coefficient (Wildman–Crippen LogP) is 5.06. The molecule has 0 saturated carbocycles. The van der Waals surface area contributed by atoms with Crippen molar-refractivity contribution >= 4 is 11.6 Å². The standard InChI is InChI=1S/C25H21N3O4/c1-30-20-11-13-22(14-12-20)31-21-9-7-17(8-10-21)24-26-25(32-27-24)18-15-23(29)28(16-18)19-5-3-2-4-6-19/h2-14,18H,15-16H2,1H3/t18-/m0/s1. The second-order valence-corrected chi connectivity index (χ2v) is 7.50. The molecule has 5 rings (SSSR count). The summed E-state index contributed by atoms with van der Waals surface area (Å²) in [7, 11) is 1.63. The number of aromatic nitrogens is 2. The van der Waals surface area contributed by atoms with E-state index in [1.807, 2.05) is 78.9 Å². The summed E-state index contributed by atoms with van der Waals surface area (Å²) in [5.74, 6) is 3.09. The third kappa shape index (κ3) is 4.05. The zero-order chi connectivity index (χ0) is 21.9. The molecule has 1 atom stereocenters. The molecule has 2 heterocycles. The maximum atomic E-state index is 12.5. The van der Waals surface area contributed by atoms with E-state index in [-0.39, 0.29) is 11.8 Å². The number of amides is 1. The van der Waals surface area contributed by atoms with Crippen molar-refractivity contribution in [2.45, 2.75) is 12.3 Å². The van der Waals surface area contributed by atoms with Gasteiger partial charge in [0.25, 0.3) is 0 Å². The van der Waals surface area contributed by atoms with Gasteiger partial charge in [-0.25, -0.2) is 0 Å². The molecule has 4 aromatic rings. The van der Waals surface area contributed by atoms with Crippen molar-refractivity contribution in [3.8, 4) is 28.6 Å². The Kier molecular flexibility index (Phi) is 5.29. The van der Waals surface area contributed by atoms with Crippen LogP contribution < -0.4 is 14.4 Å². The van der Waals surface area contributed by atoms with Crippen molar-refractivity contribution in [2.24, 2.45) is 0 Å². The summed E-state index contributed by atoms with van der Waals surface area (Å²) < 4.78 is 16.5. The van der Waals surface area contributed by atoms with Crippen molar-refractivity contribution in [2.75, 3.05) is 18.6 Å². The van der Waals surface area contributed by atoms with Gasteiger partial charge in [-0.05, 0) is 60.7 Å². The van der Waals surface area contributed by atoms with Crippen LogP contribution in [0.25, 0.3) is 11.4 Å². The predicted molar refractivity (Wildman–Crippen MR) is 119 cm³/mol. The molecule has 1 amide bonds. The van der Waals surface area contributed by atoms with Gasteiger partial charge in [-0.2, -0.15) is 4.98 Å². The van der Waals surface area contributed by atoms with Gasteiger partial charge < -0.3 is 18.9 Å². The van der Waals surface area contributed by atoms with Crippen LogP contribution in [-0.2, 0) is 4.79 Å². The molecule has 160 valence electrons. The Balaban J connectivity index is 1.27. The zero-order valence-corrected chi connectivity index (χ0v) is 17.5. The Morgan fingerprint density at radius 1 is 0.906 bits per heavy atom. The van der Waals surface area contributed by atoms with Gasteiger partial charge in [0.15, 0.2) is 0 Å². The monoisotopic (exact) mass is 427 g/mol. The zero-order valence-electron chi connectivity index (χ0n) is 17.5. The highest BCUT2D eigenvalue weighted by Gasteiger charge is 2.35. The quantitative estimate of drug-likeness (QED) is 0.428. The summed E-state index contributed by atoms with van der Waals surface area (Å²) in [4.78, 5) is 18.8. The lowest BCUT2D eigenvalue weighted by Gasteiger charge is -2.15. The molecule has 0 unspecified atom stereocenters. The van der Waals surface area contributed by atoms with Crippen molar-refractivity contribution in [1.82, 2.24) is 10.1 Å². The van der Waals surface area contributed by atoms with Gasteiger partial charge in [0.05, 0.1) is 13.0 Å². The third-order valence-corrected chi connectivity index (χ3v) is 5.39. The fourth-order valence-corrected chi connectivity index (χ4v) is 3.70. The van der Waals surface area contributed by atoms with Crippen LogP contribution in [0.15, 0.2) is 83.4 Å². The summed E-state index contributed by atoms with van der Waals surface area (Å²) in [6.07, 6.45) is 0.352. The second-order valence-electron chi connectivity index (χ2n) is 7.50. The lowest BCUT2D eigenvalue weighted by molar-refractivity contribution is -0.117. The largest absolute Gasteiger partial charge is 0.497 e. The number of ether oxygens (including phenoxy) is 2. The minimum absolute atomic E-state index is 0.0565. The van der Waals surface area contributed by atoms with Crippen molar-refractivity contribution in [3.05, 3.63) is 84.8 Å². The van der Waals surface area contributed by atoms with E-state index in [4.69, 9.17) is 14.0 Å². The number of hydrogen-bond donors (Lipinski definition) is 0. The molecule has 32 heavy (non-hydrogen) atoms. The first-order chi connectivity index (χ1) is 15.7. The van der Waals surface area contributed by atoms with E-state index in [2.05, 4.69) is 10.1 Å². The van der Waals surface area contributed by atoms with Crippen LogP contribution in [0.4, 0.5) is 5.69 Å². The van der Waals surface area contributed by atoms with E-state index in [0.29, 0.717) is 36.2 Å². The van der Waals surface area contributed by atoms with Gasteiger partial charge in [-0.15, -0.1) is 0 Å². The molecule has 1 aromatic heterocycles. The van der Waals surface area contributed by atoms with Gasteiger partial charge in [-0.1, -0.05) is 23.4 Å². The smallest absolute Gasteiger partial charge is 0.232 e. The van der Waals surface area contributed by atoms with Gasteiger partial charge in [-0.3, -0.25) is 4.79 Å². The molecule has 0 radical (unpaired) electrons. The number of carbonyl (C=O) groups excluding carboxylic acids is 1. The minimum atomic E-state index is -0.123. The molecule has 3 aromatic carbocycles. The number of hydrogen-bond acceptors (Lipinski definition) is 6. The first-order valence-corrected chi connectivity index (χ1v) is 10.3. The molecule has 1 aliphatic rings. The van der Waals surface area contributed by atoms with Crippen LogP contribution in [0.5, 0.6) is 17.2 Å². The molecular formula is C25H21N3O4. The molecule has 1 fully saturated rings. The highest BCUT2D eigenvalue weighted by molar-refractivity contribution is 5.96. The average Bonchev–Trinajstić information content (AvgIpc) is 3.48. The Morgan fingerprint density at radius 3 is 2.25 bits per heavy atom. The summed E-state index contributed by atoms with van der Waals surface area (Å²) in [5, 5.41) is 4.12. The molecule has 7 nitrogen and oxygen atoms in total. The van der Waals surface area contributed by atoms with Crippen LogP contribution in [0.2, 0.25) is 0 Å². The summed E-state index contributed by atoms with van der Waals surface area (Å²) >= 11 is 0. The van der Waals surface area contributed by atoms with Crippen molar-refractivity contribution in [3.63, 3.8) is 0 Å². The maximum absolute atomic E-state index is 12.5. The number of rotatable bonds is 6. The molecule has 7 heteroatoms. The number of benzene rings is 3. The molecule has 0 aliphatic carbocycles. The topological polar surface area (TPSA) is 77.7 Å². The van der Waals surface area contributed by atoms with Crippen LogP contribution in [0.3, 0.4) is 0 Å². The van der Waals surface area contributed by atoms with E-state index in [1.54, 1.807) is 12.0 Å². The van der Waals surface area contributed by atoms with Crippen molar-refractivity contribution < 1.29 is 18.8 Å². The number of nitrogens with zero attached hydrogens (tertiary/aromatic N) is 3. The van der Waals surface area contributed by atoms with Crippen LogP contribution in [0.1, 0.15) is 18.2 Å². The lowest BCUT2D eigenvalue weighted by Crippen LogP contribution is -2.24. The normalized spacial score (nSPS) is 15.7. The lowest BCUT2D eigenvalue weighted by atomic mass is 10.1. The SMILES string of the molecule is COc1ccc(Oc2ccc(-c3noc([C@H]4CC(=O)N(c5ccccc5)C4)n3)cc2)cc1. The summed E-state index contributed by atoms with van der Waals surface area (Å²) in [6, 6.07) is 24.5. The first kappa shape index (κ1) is 19.8. The van der Waals surface area contributed by atoms with Crippen LogP contribution in [-0.4, -0.2) is 29.7 Å². The first-order valence-electron chi connectivity index (χ1n) is 10.3. The molecule has 1 aliphatic heterocycles. The van der Waals surface area contributed by atoms with E-state index < -0.39 is 0 Å². The Bertz CT molecular complexity index is 1200. The van der Waals surface area contributed by atoms with Crippen molar-refractivity contribution in [1.29, 1.82) is 0 Å². The number of para-hydroxylation sites is 1. The Labute approximate surface area is 185 Å². The molecule has 0 spiro atoms. The summed E-state index contributed by atoms with van der Waals surface area (Å²) in [6.45, 7) is 0.527. The van der Waals surface area contributed by atoms with Gasteiger partial charge in [0, 0.05) is 24.2 Å². The number of methoxy groups -OCH3 is 1. The Morgan fingerprint density at radius 2 is 1.56 bits per heavy atom. The highest BCUT2D eigenvalue weighted by atomic mass is 16.5.